The Morgan fingerprint density at radius 3 is 2.27 bits per heavy atom. The number of piperidine rings is 1. The summed E-state index contributed by atoms with van der Waals surface area (Å²) in [7, 11) is 0. The molecule has 0 spiro atoms. The van der Waals surface area contributed by atoms with Crippen molar-refractivity contribution in [3.8, 4) is 0 Å². The number of hydrogen-bond donors (Lipinski definition) is 0. The van der Waals surface area contributed by atoms with E-state index in [0.29, 0.717) is 19.5 Å². The molecular weight excluding hydrogens is 237 g/mol. The molecule has 86 valence electrons. The van der Waals surface area contributed by atoms with Gasteiger partial charge in [-0.1, -0.05) is 30.1 Å². The maximum atomic E-state index is 11.4. The molecule has 0 unspecified atom stereocenters. The molecule has 1 heterocycles. The van der Waals surface area contributed by atoms with E-state index in [1.165, 1.54) is 0 Å². The molecule has 0 aromatic heterocycles. The minimum atomic E-state index is -0.983. The summed E-state index contributed by atoms with van der Waals surface area (Å²) < 4.78 is 0. The van der Waals surface area contributed by atoms with E-state index in [0.717, 1.165) is 12.8 Å². The van der Waals surface area contributed by atoms with Crippen molar-refractivity contribution >= 4 is 34.9 Å². The number of likely N-dealkylation sites (tertiary alicyclic amines) is 1. The van der Waals surface area contributed by atoms with Crippen LogP contribution in [0.25, 0.3) is 0 Å². The van der Waals surface area contributed by atoms with E-state index in [9.17, 15) is 9.59 Å². The van der Waals surface area contributed by atoms with Crippen LogP contribution in [0.5, 0.6) is 0 Å². The molecule has 15 heavy (non-hydrogen) atoms. The summed E-state index contributed by atoms with van der Waals surface area (Å²) >= 11 is 11.0. The van der Waals surface area contributed by atoms with Gasteiger partial charge in [-0.15, -0.1) is 0 Å². The highest BCUT2D eigenvalue weighted by Crippen LogP contribution is 2.21. The van der Waals surface area contributed by atoms with E-state index in [4.69, 9.17) is 23.2 Å². The van der Waals surface area contributed by atoms with E-state index in [2.05, 4.69) is 0 Å². The molecule has 5 heteroatoms. The minimum absolute atomic E-state index is 0.114. The fourth-order valence-electron chi connectivity index (χ4n) is 1.85. The molecule has 0 N–H and O–H groups in total. The first kappa shape index (κ1) is 12.8. The maximum absolute atomic E-state index is 11.4. The van der Waals surface area contributed by atoms with Gasteiger partial charge in [0.15, 0.2) is 4.84 Å². The van der Waals surface area contributed by atoms with Crippen molar-refractivity contribution in [1.82, 2.24) is 4.90 Å². The summed E-state index contributed by atoms with van der Waals surface area (Å²) in [4.78, 5) is 23.5. The van der Waals surface area contributed by atoms with Crippen LogP contribution in [0, 0.1) is 5.92 Å². The van der Waals surface area contributed by atoms with Crippen molar-refractivity contribution in [3.63, 3.8) is 0 Å². The summed E-state index contributed by atoms with van der Waals surface area (Å²) in [5, 5.41) is 0. The van der Waals surface area contributed by atoms with Crippen LogP contribution in [0.3, 0.4) is 0 Å². The Morgan fingerprint density at radius 1 is 1.33 bits per heavy atom. The second-order valence-corrected chi connectivity index (χ2v) is 4.82. The van der Waals surface area contributed by atoms with Crippen molar-refractivity contribution in [3.05, 3.63) is 0 Å². The number of nitrogens with zero attached hydrogens (tertiary/aromatic N) is 1. The minimum Gasteiger partial charge on any atom is -0.340 e. The number of carbonyl (C=O) groups is 2. The largest absolute Gasteiger partial charge is 0.340 e. The van der Waals surface area contributed by atoms with Crippen molar-refractivity contribution in [1.29, 1.82) is 0 Å². The van der Waals surface area contributed by atoms with Crippen LogP contribution in [-0.4, -0.2) is 34.5 Å². The smallest absolute Gasteiger partial charge is 0.255 e. The zero-order valence-electron chi connectivity index (χ0n) is 8.71. The van der Waals surface area contributed by atoms with Crippen molar-refractivity contribution in [2.45, 2.75) is 31.0 Å². The molecule has 1 aliphatic rings. The number of ketones is 1. The van der Waals surface area contributed by atoms with Crippen LogP contribution >= 0.6 is 23.2 Å². The second kappa shape index (κ2) is 5.71. The van der Waals surface area contributed by atoms with Gasteiger partial charge in [-0.2, -0.15) is 0 Å². The predicted octanol–water partition coefficient (Wildman–Crippen LogP) is 2.01. The number of rotatable bonds is 3. The maximum Gasteiger partial charge on any atom is 0.255 e. The highest BCUT2D eigenvalue weighted by molar-refractivity contribution is 6.53. The Labute approximate surface area is 99.7 Å². The van der Waals surface area contributed by atoms with E-state index in [-0.39, 0.29) is 17.6 Å². The molecule has 0 aromatic rings. The molecule has 0 aliphatic carbocycles. The Morgan fingerprint density at radius 2 is 1.87 bits per heavy atom. The van der Waals surface area contributed by atoms with E-state index in [1.54, 1.807) is 4.90 Å². The first-order chi connectivity index (χ1) is 7.06. The Bertz CT molecular complexity index is 248. The van der Waals surface area contributed by atoms with E-state index in [1.807, 2.05) is 6.92 Å². The quantitative estimate of drug-likeness (QED) is 0.720. The number of alkyl halides is 2. The number of carbonyl (C=O) groups excluding carboxylic acids is 2. The predicted molar refractivity (Wildman–Crippen MR) is 60.1 cm³/mol. The Hall–Kier alpha value is -0.280. The fraction of sp³-hybridized carbons (Fsp3) is 0.800. The zero-order valence-corrected chi connectivity index (χ0v) is 10.2. The number of halogens is 2. The highest BCUT2D eigenvalue weighted by Gasteiger charge is 2.28. The van der Waals surface area contributed by atoms with Gasteiger partial charge in [-0.25, -0.2) is 0 Å². The van der Waals surface area contributed by atoms with Crippen LogP contribution in [0.2, 0.25) is 0 Å². The van der Waals surface area contributed by atoms with E-state index < -0.39 is 4.84 Å². The molecule has 1 fully saturated rings. The van der Waals surface area contributed by atoms with Crippen LogP contribution in [0.15, 0.2) is 0 Å². The third kappa shape index (κ3) is 3.35. The first-order valence-electron chi connectivity index (χ1n) is 5.16. The number of amides is 1. The molecule has 1 aliphatic heterocycles. The highest BCUT2D eigenvalue weighted by atomic mass is 35.5. The Balaban J connectivity index is 2.42. The van der Waals surface area contributed by atoms with Gasteiger partial charge in [0.1, 0.15) is 5.78 Å². The average molecular weight is 252 g/mol. The van der Waals surface area contributed by atoms with E-state index >= 15 is 0 Å². The lowest BCUT2D eigenvalue weighted by Gasteiger charge is -2.31. The molecule has 0 bridgehead atoms. The van der Waals surface area contributed by atoms with Gasteiger partial charge in [-0.05, 0) is 12.8 Å². The zero-order chi connectivity index (χ0) is 11.4. The molecule has 1 rings (SSSR count). The van der Waals surface area contributed by atoms with Gasteiger partial charge in [0.25, 0.3) is 5.91 Å². The fourth-order valence-corrected chi connectivity index (χ4v) is 2.12. The van der Waals surface area contributed by atoms with Crippen LogP contribution in [-0.2, 0) is 9.59 Å². The van der Waals surface area contributed by atoms with Crippen molar-refractivity contribution in [2.24, 2.45) is 5.92 Å². The molecule has 0 saturated carbocycles. The van der Waals surface area contributed by atoms with Gasteiger partial charge in [0.2, 0.25) is 0 Å². The third-order valence-electron chi connectivity index (χ3n) is 2.80. The molecule has 0 aromatic carbocycles. The van der Waals surface area contributed by atoms with Crippen LogP contribution in [0.4, 0.5) is 0 Å². The molecular formula is C10H15Cl2NO2. The lowest BCUT2D eigenvalue weighted by molar-refractivity contribution is -0.133. The standard InChI is InChI=1S/C10H15Cl2NO2/c1-2-8(14)7-3-5-13(6-4-7)10(15)9(11)12/h7,9H,2-6H2,1H3. The summed E-state index contributed by atoms with van der Waals surface area (Å²) in [5.41, 5.74) is 0. The van der Waals surface area contributed by atoms with Crippen molar-refractivity contribution in [2.75, 3.05) is 13.1 Å². The summed E-state index contributed by atoms with van der Waals surface area (Å²) in [6.45, 7) is 3.05. The molecule has 0 radical (unpaired) electrons. The first-order valence-corrected chi connectivity index (χ1v) is 6.03. The summed E-state index contributed by atoms with van der Waals surface area (Å²) in [6, 6.07) is 0. The van der Waals surface area contributed by atoms with Gasteiger partial charge in [-0.3, -0.25) is 9.59 Å². The summed E-state index contributed by atoms with van der Waals surface area (Å²) in [6.07, 6.45) is 2.05. The third-order valence-corrected chi connectivity index (χ3v) is 3.17. The van der Waals surface area contributed by atoms with Gasteiger partial charge in [0, 0.05) is 25.4 Å². The lowest BCUT2D eigenvalue weighted by Crippen LogP contribution is -2.42. The van der Waals surface area contributed by atoms with Gasteiger partial charge >= 0.3 is 0 Å². The van der Waals surface area contributed by atoms with Crippen molar-refractivity contribution < 1.29 is 9.59 Å². The SMILES string of the molecule is CCC(=O)C1CCN(C(=O)C(Cl)Cl)CC1. The molecule has 1 amide bonds. The molecule has 3 nitrogen and oxygen atoms in total. The lowest BCUT2D eigenvalue weighted by atomic mass is 9.91. The number of Topliss-reactive ketones (excluding diaryl/α,β-unsaturated/α-hetero) is 1. The number of hydrogen-bond acceptors (Lipinski definition) is 2. The Kier molecular flexibility index (Phi) is 4.87. The monoisotopic (exact) mass is 251 g/mol. The second-order valence-electron chi connectivity index (χ2n) is 3.72. The average Bonchev–Trinajstić information content (AvgIpc) is 2.27. The van der Waals surface area contributed by atoms with Crippen LogP contribution < -0.4 is 0 Å². The summed E-state index contributed by atoms with van der Waals surface area (Å²) in [5.74, 6) is 0.152. The normalized spacial score (nSPS) is 18.3. The van der Waals surface area contributed by atoms with Gasteiger partial charge in [0.05, 0.1) is 0 Å². The topological polar surface area (TPSA) is 37.4 Å². The molecule has 0 atom stereocenters. The van der Waals surface area contributed by atoms with Gasteiger partial charge < -0.3 is 4.90 Å². The molecule has 1 saturated heterocycles. The van der Waals surface area contributed by atoms with Crippen LogP contribution in [0.1, 0.15) is 26.2 Å².